The smallest absolute Gasteiger partial charge is 0.324 e. The average Bonchev–Trinajstić information content (AvgIpc) is 3.31. The summed E-state index contributed by atoms with van der Waals surface area (Å²) in [5.41, 5.74) is 2.69. The lowest BCUT2D eigenvalue weighted by Gasteiger charge is -2.13. The Kier molecular flexibility index (Phi) is 5.88. The van der Waals surface area contributed by atoms with E-state index >= 15 is 0 Å². The fourth-order valence-electron chi connectivity index (χ4n) is 3.75. The highest BCUT2D eigenvalue weighted by molar-refractivity contribution is 6.04. The summed E-state index contributed by atoms with van der Waals surface area (Å²) >= 11 is 0. The van der Waals surface area contributed by atoms with Gasteiger partial charge in [-0.25, -0.2) is 4.79 Å². The molecule has 0 aliphatic carbocycles. The van der Waals surface area contributed by atoms with Gasteiger partial charge in [0, 0.05) is 41.8 Å². The molecule has 0 radical (unpaired) electrons. The molecule has 8 nitrogen and oxygen atoms in total. The lowest BCUT2D eigenvalue weighted by Crippen LogP contribution is -2.33. The van der Waals surface area contributed by atoms with E-state index in [-0.39, 0.29) is 24.7 Å². The third-order valence-corrected chi connectivity index (χ3v) is 5.40. The van der Waals surface area contributed by atoms with Gasteiger partial charge >= 0.3 is 6.03 Å². The van der Waals surface area contributed by atoms with Gasteiger partial charge in [0.05, 0.1) is 7.11 Å². The van der Waals surface area contributed by atoms with Crippen LogP contribution in [0.2, 0.25) is 0 Å². The number of H-pyrrole nitrogens is 1. The number of hydrogen-bond donors (Lipinski definition) is 3. The van der Waals surface area contributed by atoms with Crippen LogP contribution in [0.3, 0.4) is 0 Å². The predicted octanol–water partition coefficient (Wildman–Crippen LogP) is 3.06. The van der Waals surface area contributed by atoms with Gasteiger partial charge in [0.15, 0.2) is 0 Å². The first kappa shape index (κ1) is 20.5. The number of nitrogens with zero attached hydrogens (tertiary/aromatic N) is 1. The molecule has 0 spiro atoms. The highest BCUT2D eigenvalue weighted by atomic mass is 16.5. The third-order valence-electron chi connectivity index (χ3n) is 5.40. The van der Waals surface area contributed by atoms with E-state index < -0.39 is 12.1 Å². The van der Waals surface area contributed by atoms with Crippen LogP contribution in [0.1, 0.15) is 18.4 Å². The summed E-state index contributed by atoms with van der Waals surface area (Å²) in [6, 6.07) is 13.8. The largest absolute Gasteiger partial charge is 0.497 e. The number of rotatable bonds is 8. The van der Waals surface area contributed by atoms with Gasteiger partial charge in [0.1, 0.15) is 11.8 Å². The lowest BCUT2D eigenvalue weighted by atomic mass is 10.1. The molecular weight excluding hydrogens is 396 g/mol. The second-order valence-electron chi connectivity index (χ2n) is 7.42. The number of aromatic nitrogens is 1. The van der Waals surface area contributed by atoms with Gasteiger partial charge in [-0.2, -0.15) is 0 Å². The van der Waals surface area contributed by atoms with E-state index in [1.165, 1.54) is 4.90 Å². The third kappa shape index (κ3) is 4.53. The molecule has 4 amide bonds. The number of anilines is 1. The molecule has 160 valence electrons. The number of methoxy groups -OCH3 is 1. The van der Waals surface area contributed by atoms with Crippen molar-refractivity contribution in [2.24, 2.45) is 0 Å². The van der Waals surface area contributed by atoms with E-state index in [9.17, 15) is 14.4 Å². The van der Waals surface area contributed by atoms with Crippen molar-refractivity contribution < 1.29 is 19.1 Å². The minimum absolute atomic E-state index is 0.115. The van der Waals surface area contributed by atoms with Crippen molar-refractivity contribution in [1.82, 2.24) is 15.2 Å². The maximum absolute atomic E-state index is 12.7. The molecule has 2 heterocycles. The van der Waals surface area contributed by atoms with E-state index in [0.29, 0.717) is 24.4 Å². The Bertz CT molecular complexity index is 1120. The number of fused-ring (bicyclic) bond motifs is 1. The first-order valence-electron chi connectivity index (χ1n) is 10.2. The van der Waals surface area contributed by atoms with Crippen LogP contribution in [0.25, 0.3) is 10.9 Å². The van der Waals surface area contributed by atoms with Crippen LogP contribution in [0.15, 0.2) is 54.7 Å². The summed E-state index contributed by atoms with van der Waals surface area (Å²) in [7, 11) is 1.56. The molecule has 1 aromatic heterocycles. The van der Waals surface area contributed by atoms with Gasteiger partial charge in [-0.1, -0.05) is 24.3 Å². The molecule has 4 rings (SSSR count). The van der Waals surface area contributed by atoms with Crippen molar-refractivity contribution in [1.29, 1.82) is 0 Å². The molecule has 0 bridgehead atoms. The molecule has 2 aromatic carbocycles. The second-order valence-corrected chi connectivity index (χ2v) is 7.42. The van der Waals surface area contributed by atoms with Crippen molar-refractivity contribution in [2.75, 3.05) is 19.0 Å². The Labute approximate surface area is 179 Å². The fourth-order valence-corrected chi connectivity index (χ4v) is 3.75. The van der Waals surface area contributed by atoms with Crippen LogP contribution in [0.5, 0.6) is 5.75 Å². The Morgan fingerprint density at radius 3 is 2.84 bits per heavy atom. The maximum atomic E-state index is 12.7. The molecule has 1 aliphatic heterocycles. The molecule has 1 aliphatic rings. The SMILES string of the molecule is COc1cccc(NC(=O)CC[C@@H]2NC(=O)N(CCc3c[nH]c4ccccc34)C2=O)c1. The molecule has 3 aromatic rings. The Morgan fingerprint density at radius 2 is 2.00 bits per heavy atom. The Hall–Kier alpha value is -3.81. The van der Waals surface area contributed by atoms with E-state index in [1.54, 1.807) is 31.4 Å². The summed E-state index contributed by atoms with van der Waals surface area (Å²) in [5, 5.41) is 6.55. The number of carbonyl (C=O) groups excluding carboxylic acids is 3. The van der Waals surface area contributed by atoms with Crippen LogP contribution < -0.4 is 15.4 Å². The van der Waals surface area contributed by atoms with Crippen LogP contribution >= 0.6 is 0 Å². The summed E-state index contributed by atoms with van der Waals surface area (Å²) in [5.74, 6) is 0.119. The predicted molar refractivity (Wildman–Crippen MR) is 117 cm³/mol. The van der Waals surface area contributed by atoms with Gasteiger partial charge in [0.25, 0.3) is 5.91 Å². The number of amides is 4. The van der Waals surface area contributed by atoms with Crippen molar-refractivity contribution in [3.05, 3.63) is 60.3 Å². The topological polar surface area (TPSA) is 104 Å². The molecule has 31 heavy (non-hydrogen) atoms. The number of ether oxygens (including phenoxy) is 1. The van der Waals surface area contributed by atoms with Gasteiger partial charge < -0.3 is 20.4 Å². The molecule has 0 unspecified atom stereocenters. The van der Waals surface area contributed by atoms with Gasteiger partial charge in [0.2, 0.25) is 5.91 Å². The number of nitrogens with one attached hydrogen (secondary N) is 3. The number of hydrogen-bond acceptors (Lipinski definition) is 4. The second kappa shape index (κ2) is 8.91. The van der Waals surface area contributed by atoms with Crippen LogP contribution in [-0.2, 0) is 16.0 Å². The summed E-state index contributed by atoms with van der Waals surface area (Å²) in [6.07, 6.45) is 2.82. The van der Waals surface area contributed by atoms with Gasteiger partial charge in [-0.15, -0.1) is 0 Å². The van der Waals surface area contributed by atoms with Crippen LogP contribution in [0, 0.1) is 0 Å². The molecule has 1 fully saturated rings. The van der Waals surface area contributed by atoms with E-state index in [0.717, 1.165) is 16.5 Å². The van der Waals surface area contributed by atoms with Crippen molar-refractivity contribution >= 4 is 34.4 Å². The molecular formula is C23H24N4O4. The van der Waals surface area contributed by atoms with Crippen LogP contribution in [-0.4, -0.2) is 47.4 Å². The maximum Gasteiger partial charge on any atom is 0.324 e. The monoisotopic (exact) mass is 420 g/mol. The zero-order valence-corrected chi connectivity index (χ0v) is 17.2. The minimum Gasteiger partial charge on any atom is -0.497 e. The number of para-hydroxylation sites is 1. The van der Waals surface area contributed by atoms with Crippen LogP contribution in [0.4, 0.5) is 10.5 Å². The number of urea groups is 1. The summed E-state index contributed by atoms with van der Waals surface area (Å²) in [4.78, 5) is 41.7. The van der Waals surface area contributed by atoms with Crippen molar-refractivity contribution in [3.8, 4) is 5.75 Å². The molecule has 1 atom stereocenters. The minimum atomic E-state index is -0.688. The zero-order valence-electron chi connectivity index (χ0n) is 17.2. The number of imide groups is 1. The van der Waals surface area contributed by atoms with Crippen molar-refractivity contribution in [3.63, 3.8) is 0 Å². The normalized spacial score (nSPS) is 15.9. The number of aromatic amines is 1. The lowest BCUT2D eigenvalue weighted by molar-refractivity contribution is -0.127. The molecule has 1 saturated heterocycles. The highest BCUT2D eigenvalue weighted by Crippen LogP contribution is 2.20. The molecule has 3 N–H and O–H groups in total. The van der Waals surface area contributed by atoms with Gasteiger partial charge in [-0.05, 0) is 36.6 Å². The average molecular weight is 420 g/mol. The number of benzene rings is 2. The van der Waals surface area contributed by atoms with E-state index in [1.807, 2.05) is 30.5 Å². The van der Waals surface area contributed by atoms with Crippen molar-refractivity contribution in [2.45, 2.75) is 25.3 Å². The van der Waals surface area contributed by atoms with E-state index in [4.69, 9.17) is 4.74 Å². The molecule has 0 saturated carbocycles. The molecule has 8 heteroatoms. The first-order valence-corrected chi connectivity index (χ1v) is 10.2. The van der Waals surface area contributed by atoms with Gasteiger partial charge in [-0.3, -0.25) is 14.5 Å². The quantitative estimate of drug-likeness (QED) is 0.487. The summed E-state index contributed by atoms with van der Waals surface area (Å²) in [6.45, 7) is 0.291. The number of carbonyl (C=O) groups is 3. The first-order chi connectivity index (χ1) is 15.0. The zero-order chi connectivity index (χ0) is 21.8. The Balaban J connectivity index is 1.30. The standard InChI is InChI=1S/C23H24N4O4/c1-31-17-6-4-5-16(13-17)25-21(28)10-9-20-22(29)27(23(30)26-20)12-11-15-14-24-19-8-3-2-7-18(15)19/h2-8,13-14,20,24H,9-12H2,1H3,(H,25,28)(H,26,30)/t20-/m0/s1. The van der Waals surface area contributed by atoms with E-state index in [2.05, 4.69) is 15.6 Å². The highest BCUT2D eigenvalue weighted by Gasteiger charge is 2.37. The Morgan fingerprint density at radius 1 is 1.16 bits per heavy atom. The summed E-state index contributed by atoms with van der Waals surface area (Å²) < 4.78 is 5.14. The fraction of sp³-hybridized carbons (Fsp3) is 0.261.